The summed E-state index contributed by atoms with van der Waals surface area (Å²) >= 11 is 14.4. The Morgan fingerprint density at radius 3 is 2.73 bits per heavy atom. The predicted octanol–water partition coefficient (Wildman–Crippen LogP) is 2.66. The fourth-order valence-corrected chi connectivity index (χ4v) is 2.74. The number of carbonyl (C=O) groups excluding carboxylic acids is 2. The van der Waals surface area contributed by atoms with Crippen LogP contribution in [0.1, 0.15) is 24.9 Å². The lowest BCUT2D eigenvalue weighted by Gasteiger charge is -2.20. The van der Waals surface area contributed by atoms with Gasteiger partial charge in [-0.15, -0.1) is 0 Å². The minimum Gasteiger partial charge on any atom is -0.506 e. The summed E-state index contributed by atoms with van der Waals surface area (Å²) in [5.74, 6) is -1.07. The zero-order valence-corrected chi connectivity index (χ0v) is 14.8. The lowest BCUT2D eigenvalue weighted by atomic mass is 10.0. The smallest absolute Gasteiger partial charge is 0.308 e. The Bertz CT molecular complexity index is 537. The lowest BCUT2D eigenvalue weighted by molar-refractivity contribution is -0.143. The number of aromatic hydroxyl groups is 1. The Labute approximate surface area is 146 Å². The van der Waals surface area contributed by atoms with E-state index in [2.05, 4.69) is 26.1 Å². The van der Waals surface area contributed by atoms with Crippen molar-refractivity contribution in [3.8, 4) is 5.75 Å². The molecule has 0 heterocycles. The van der Waals surface area contributed by atoms with Gasteiger partial charge in [0, 0.05) is 10.6 Å². The number of esters is 1. The number of hydrogen-bond acceptors (Lipinski definition) is 5. The van der Waals surface area contributed by atoms with E-state index in [-0.39, 0.29) is 25.3 Å². The topological polar surface area (TPSA) is 87.7 Å². The van der Waals surface area contributed by atoms with Crippen LogP contribution in [0.25, 0.3) is 0 Å². The van der Waals surface area contributed by atoms with Crippen LogP contribution in [-0.2, 0) is 14.3 Å². The summed E-state index contributed by atoms with van der Waals surface area (Å²) in [5, 5.41) is 13.1. The summed E-state index contributed by atoms with van der Waals surface area (Å²) in [4.78, 5) is 25.6. The summed E-state index contributed by atoms with van der Waals surface area (Å²) in [5.41, 5.74) is 0.301. The second-order valence-corrected chi connectivity index (χ2v) is 5.82. The molecule has 0 aromatic heterocycles. The highest BCUT2D eigenvalue weighted by Crippen LogP contribution is 2.36. The van der Waals surface area contributed by atoms with Crippen LogP contribution in [0.4, 0.5) is 0 Å². The number of phenols is 1. The Hall–Kier alpha value is -1.02. The van der Waals surface area contributed by atoms with E-state index in [9.17, 15) is 14.7 Å². The molecule has 0 unspecified atom stereocenters. The first-order valence-electron chi connectivity index (χ1n) is 6.35. The van der Waals surface area contributed by atoms with Gasteiger partial charge in [-0.05, 0) is 46.8 Å². The van der Waals surface area contributed by atoms with Crippen LogP contribution < -0.4 is 10.2 Å². The van der Waals surface area contributed by atoms with Crippen molar-refractivity contribution < 1.29 is 19.4 Å². The van der Waals surface area contributed by atoms with Crippen LogP contribution >= 0.6 is 39.3 Å². The lowest BCUT2D eigenvalue weighted by Crippen LogP contribution is -2.35. The number of phenolic OH excluding ortho intramolecular Hbond substituents is 1. The molecule has 0 saturated carbocycles. The maximum atomic E-state index is 11.7. The zero-order chi connectivity index (χ0) is 16.7. The molecule has 0 saturated heterocycles. The van der Waals surface area contributed by atoms with Crippen LogP contribution in [0.2, 0.25) is 5.02 Å². The van der Waals surface area contributed by atoms with Crippen LogP contribution in [0.3, 0.4) is 0 Å². The molecule has 3 N–H and O–H groups in total. The van der Waals surface area contributed by atoms with Gasteiger partial charge >= 0.3 is 5.97 Å². The SMILES string of the molecule is CCOC(=O)C[C@H](NC(=O)CNCl)c1cc(Cl)cc(Br)c1O. The van der Waals surface area contributed by atoms with Crippen molar-refractivity contribution in [3.05, 3.63) is 27.2 Å². The maximum Gasteiger partial charge on any atom is 0.308 e. The van der Waals surface area contributed by atoms with Crippen molar-refractivity contribution in [2.24, 2.45) is 0 Å². The first-order valence-corrected chi connectivity index (χ1v) is 7.90. The van der Waals surface area contributed by atoms with E-state index < -0.39 is 17.9 Å². The van der Waals surface area contributed by atoms with Crippen LogP contribution in [0.15, 0.2) is 16.6 Å². The minimum absolute atomic E-state index is 0.113. The Morgan fingerprint density at radius 1 is 1.45 bits per heavy atom. The quantitative estimate of drug-likeness (QED) is 0.472. The fourth-order valence-electron chi connectivity index (χ4n) is 1.78. The van der Waals surface area contributed by atoms with Crippen LogP contribution in [-0.4, -0.2) is 30.1 Å². The molecule has 6 nitrogen and oxygen atoms in total. The largest absolute Gasteiger partial charge is 0.506 e. The summed E-state index contributed by atoms with van der Waals surface area (Å²) in [6.07, 6.45) is -0.151. The second kappa shape index (κ2) is 9.19. The Morgan fingerprint density at radius 2 is 2.14 bits per heavy atom. The Kier molecular flexibility index (Phi) is 7.95. The summed E-state index contributed by atoms with van der Waals surface area (Å²) in [7, 11) is 0. The molecular formula is C13H15BrCl2N2O4. The molecule has 0 aliphatic rings. The average molecular weight is 414 g/mol. The normalized spacial score (nSPS) is 11.8. The summed E-state index contributed by atoms with van der Waals surface area (Å²) < 4.78 is 5.23. The van der Waals surface area contributed by atoms with Gasteiger partial charge in [0.25, 0.3) is 0 Å². The molecule has 0 radical (unpaired) electrons. The van der Waals surface area contributed by atoms with Gasteiger partial charge in [0.2, 0.25) is 5.91 Å². The highest BCUT2D eigenvalue weighted by molar-refractivity contribution is 9.10. The van der Waals surface area contributed by atoms with E-state index >= 15 is 0 Å². The van der Waals surface area contributed by atoms with Crippen LogP contribution in [0.5, 0.6) is 5.75 Å². The Balaban J connectivity index is 3.08. The van der Waals surface area contributed by atoms with Crippen molar-refractivity contribution in [1.82, 2.24) is 10.2 Å². The summed E-state index contributed by atoms with van der Waals surface area (Å²) in [6.45, 7) is 1.74. The molecule has 122 valence electrons. The number of carbonyl (C=O) groups is 2. The number of amides is 1. The van der Waals surface area contributed by atoms with Gasteiger partial charge < -0.3 is 15.2 Å². The predicted molar refractivity (Wildman–Crippen MR) is 86.8 cm³/mol. The molecule has 1 amide bonds. The van der Waals surface area contributed by atoms with Crippen molar-refractivity contribution >= 4 is 51.2 Å². The van der Waals surface area contributed by atoms with Gasteiger partial charge in [-0.2, -0.15) is 0 Å². The molecule has 22 heavy (non-hydrogen) atoms. The van der Waals surface area contributed by atoms with E-state index in [1.54, 1.807) is 6.92 Å². The van der Waals surface area contributed by atoms with Crippen molar-refractivity contribution in [2.75, 3.05) is 13.2 Å². The highest BCUT2D eigenvalue weighted by atomic mass is 79.9. The van der Waals surface area contributed by atoms with E-state index in [1.807, 2.05) is 0 Å². The first-order chi connectivity index (χ1) is 10.4. The van der Waals surface area contributed by atoms with E-state index in [4.69, 9.17) is 28.1 Å². The van der Waals surface area contributed by atoms with Gasteiger partial charge in [-0.1, -0.05) is 11.6 Å². The monoisotopic (exact) mass is 412 g/mol. The molecule has 0 bridgehead atoms. The first kappa shape index (κ1) is 19.0. The van der Waals surface area contributed by atoms with Crippen molar-refractivity contribution in [3.63, 3.8) is 0 Å². The van der Waals surface area contributed by atoms with Gasteiger partial charge in [0.15, 0.2) is 0 Å². The minimum atomic E-state index is -0.799. The third-order valence-corrected chi connectivity index (χ3v) is 3.63. The molecule has 1 aromatic carbocycles. The molecule has 1 rings (SSSR count). The van der Waals surface area contributed by atoms with Crippen molar-refractivity contribution in [2.45, 2.75) is 19.4 Å². The average Bonchev–Trinajstić information content (AvgIpc) is 2.42. The molecule has 1 aromatic rings. The van der Waals surface area contributed by atoms with Gasteiger partial charge in [0.05, 0.1) is 30.1 Å². The molecule has 0 aliphatic heterocycles. The number of rotatable bonds is 7. The molecule has 0 aliphatic carbocycles. The molecule has 1 atom stereocenters. The molecule has 0 spiro atoms. The third kappa shape index (κ3) is 5.64. The number of ether oxygens (including phenoxy) is 1. The van der Waals surface area contributed by atoms with Gasteiger partial charge in [-0.3, -0.25) is 9.59 Å². The molecular weight excluding hydrogens is 399 g/mol. The van der Waals surface area contributed by atoms with Crippen LogP contribution in [0, 0.1) is 0 Å². The molecule has 9 heteroatoms. The van der Waals surface area contributed by atoms with E-state index in [1.165, 1.54) is 12.1 Å². The molecule has 0 fully saturated rings. The van der Waals surface area contributed by atoms with Crippen molar-refractivity contribution in [1.29, 1.82) is 0 Å². The van der Waals surface area contributed by atoms with E-state index in [0.717, 1.165) is 0 Å². The number of nitrogens with one attached hydrogen (secondary N) is 2. The number of hydrogen-bond donors (Lipinski definition) is 3. The van der Waals surface area contributed by atoms with Gasteiger partial charge in [0.1, 0.15) is 5.75 Å². The third-order valence-electron chi connectivity index (χ3n) is 2.67. The van der Waals surface area contributed by atoms with Gasteiger partial charge in [-0.25, -0.2) is 4.84 Å². The maximum absolute atomic E-state index is 11.7. The number of halogens is 3. The highest BCUT2D eigenvalue weighted by Gasteiger charge is 2.23. The summed E-state index contributed by atoms with van der Waals surface area (Å²) in [6, 6.07) is 2.18. The van der Waals surface area contributed by atoms with E-state index in [0.29, 0.717) is 15.1 Å². The second-order valence-electron chi connectivity index (χ2n) is 4.27. The zero-order valence-electron chi connectivity index (χ0n) is 11.7. The fraction of sp³-hybridized carbons (Fsp3) is 0.385. The number of benzene rings is 1. The standard InChI is InChI=1S/C13H15BrCl2N2O4/c1-2-22-12(20)5-10(18-11(19)6-17-16)8-3-7(15)4-9(14)13(8)21/h3-4,10,17,21H,2,5-6H2,1H3,(H,18,19)/t10-/m0/s1.